The number of aryl methyl sites for hydroxylation is 2. The minimum absolute atomic E-state index is 0.0895. The van der Waals surface area contributed by atoms with Crippen molar-refractivity contribution in [2.75, 3.05) is 5.32 Å². The summed E-state index contributed by atoms with van der Waals surface area (Å²) in [5.74, 6) is 0.497. The minimum Gasteiger partial charge on any atom is -0.300 e. The summed E-state index contributed by atoms with van der Waals surface area (Å²) in [6.07, 6.45) is 3.92. The van der Waals surface area contributed by atoms with Crippen molar-refractivity contribution in [1.82, 2.24) is 19.3 Å². The molecule has 3 aromatic rings. The SMILES string of the molecule is Cc1ccc2nc(NC(=O)Cn3nc4n(c3=O)CCCCC4)sc2c1. The maximum Gasteiger partial charge on any atom is 0.346 e. The number of nitrogens with zero attached hydrogens (tertiary/aromatic N) is 4. The number of fused-ring (bicyclic) bond motifs is 2. The van der Waals surface area contributed by atoms with Crippen molar-refractivity contribution in [3.05, 3.63) is 40.1 Å². The average molecular weight is 357 g/mol. The van der Waals surface area contributed by atoms with Crippen LogP contribution in [0.1, 0.15) is 30.7 Å². The first-order valence-electron chi connectivity index (χ1n) is 8.44. The molecule has 0 radical (unpaired) electrons. The lowest BCUT2D eigenvalue weighted by Gasteiger charge is -2.01. The highest BCUT2D eigenvalue weighted by atomic mass is 32.1. The van der Waals surface area contributed by atoms with Gasteiger partial charge in [0.15, 0.2) is 5.13 Å². The lowest BCUT2D eigenvalue weighted by atomic mass is 10.2. The number of nitrogens with one attached hydrogen (secondary N) is 1. The number of amides is 1. The maximum atomic E-state index is 12.4. The molecule has 130 valence electrons. The zero-order valence-electron chi connectivity index (χ0n) is 14.0. The molecule has 3 heterocycles. The molecule has 1 aliphatic heterocycles. The molecule has 25 heavy (non-hydrogen) atoms. The van der Waals surface area contributed by atoms with Crippen LogP contribution in [0.25, 0.3) is 10.2 Å². The number of rotatable bonds is 3. The molecule has 1 N–H and O–H groups in total. The normalized spacial score (nSPS) is 14.3. The van der Waals surface area contributed by atoms with Gasteiger partial charge in [-0.25, -0.2) is 14.5 Å². The van der Waals surface area contributed by atoms with Gasteiger partial charge >= 0.3 is 5.69 Å². The fraction of sp³-hybridized carbons (Fsp3) is 0.412. The van der Waals surface area contributed by atoms with E-state index < -0.39 is 0 Å². The number of anilines is 1. The molecular weight excluding hydrogens is 338 g/mol. The molecule has 1 aliphatic rings. The quantitative estimate of drug-likeness (QED) is 0.780. The fourth-order valence-electron chi connectivity index (χ4n) is 3.11. The number of carbonyl (C=O) groups is 1. The minimum atomic E-state index is -0.286. The first-order valence-corrected chi connectivity index (χ1v) is 9.25. The van der Waals surface area contributed by atoms with Crippen molar-refractivity contribution >= 4 is 32.6 Å². The third-order valence-corrected chi connectivity index (χ3v) is 5.30. The zero-order chi connectivity index (χ0) is 17.4. The molecule has 4 rings (SSSR count). The van der Waals surface area contributed by atoms with Crippen LogP contribution in [0.15, 0.2) is 23.0 Å². The Kier molecular flexibility index (Phi) is 4.12. The van der Waals surface area contributed by atoms with Gasteiger partial charge in [-0.1, -0.05) is 23.8 Å². The fourth-order valence-corrected chi connectivity index (χ4v) is 4.09. The first-order chi connectivity index (χ1) is 12.1. The number of hydrogen-bond donors (Lipinski definition) is 1. The number of hydrogen-bond acceptors (Lipinski definition) is 5. The Labute approximate surface area is 148 Å². The molecule has 2 aromatic heterocycles. The van der Waals surface area contributed by atoms with E-state index in [0.29, 0.717) is 11.7 Å². The molecule has 0 aliphatic carbocycles. The second-order valence-corrected chi connectivity index (χ2v) is 7.39. The van der Waals surface area contributed by atoms with Crippen molar-refractivity contribution < 1.29 is 4.79 Å². The first kappa shape index (κ1) is 16.0. The molecule has 0 spiro atoms. The molecule has 0 saturated heterocycles. The largest absolute Gasteiger partial charge is 0.346 e. The van der Waals surface area contributed by atoms with Crippen molar-refractivity contribution in [3.63, 3.8) is 0 Å². The van der Waals surface area contributed by atoms with E-state index in [-0.39, 0.29) is 18.1 Å². The molecular formula is C17H19N5O2S. The average Bonchev–Trinajstić information content (AvgIpc) is 2.98. The maximum absolute atomic E-state index is 12.4. The van der Waals surface area contributed by atoms with Gasteiger partial charge in [0, 0.05) is 13.0 Å². The van der Waals surface area contributed by atoms with Crippen LogP contribution in [0, 0.1) is 6.92 Å². The molecule has 1 aromatic carbocycles. The monoisotopic (exact) mass is 357 g/mol. The van der Waals surface area contributed by atoms with Crippen LogP contribution >= 0.6 is 11.3 Å². The third kappa shape index (κ3) is 3.21. The van der Waals surface area contributed by atoms with E-state index in [4.69, 9.17) is 0 Å². The molecule has 0 atom stereocenters. The van der Waals surface area contributed by atoms with Gasteiger partial charge in [-0.2, -0.15) is 5.10 Å². The van der Waals surface area contributed by atoms with Gasteiger partial charge < -0.3 is 5.32 Å². The van der Waals surface area contributed by atoms with Gasteiger partial charge in [-0.15, -0.1) is 0 Å². The van der Waals surface area contributed by atoms with Gasteiger partial charge in [-0.3, -0.25) is 9.36 Å². The summed E-state index contributed by atoms with van der Waals surface area (Å²) in [7, 11) is 0. The van der Waals surface area contributed by atoms with Crippen LogP contribution in [0.4, 0.5) is 5.13 Å². The summed E-state index contributed by atoms with van der Waals surface area (Å²) in [6.45, 7) is 2.62. The molecule has 1 amide bonds. The zero-order valence-corrected chi connectivity index (χ0v) is 14.8. The standard InChI is InChI=1S/C17H19N5O2S/c1-11-6-7-12-13(9-11)25-16(18-12)19-15(23)10-22-17(24)21-8-4-2-3-5-14(21)20-22/h6-7,9H,2-5,8,10H2,1H3,(H,18,19,23). The molecule has 0 bridgehead atoms. The highest BCUT2D eigenvalue weighted by Crippen LogP contribution is 2.26. The second kappa shape index (κ2) is 6.44. The van der Waals surface area contributed by atoms with Crippen LogP contribution in [-0.2, 0) is 24.3 Å². The van der Waals surface area contributed by atoms with E-state index in [0.717, 1.165) is 47.3 Å². The molecule has 0 fully saturated rings. The Balaban J connectivity index is 1.51. The van der Waals surface area contributed by atoms with Crippen LogP contribution < -0.4 is 11.0 Å². The van der Waals surface area contributed by atoms with Crippen LogP contribution in [0.3, 0.4) is 0 Å². The van der Waals surface area contributed by atoms with E-state index in [2.05, 4.69) is 15.4 Å². The highest BCUT2D eigenvalue weighted by molar-refractivity contribution is 7.22. The number of aromatic nitrogens is 4. The van der Waals surface area contributed by atoms with Crippen LogP contribution in [0.2, 0.25) is 0 Å². The Morgan fingerprint density at radius 1 is 1.32 bits per heavy atom. The summed E-state index contributed by atoms with van der Waals surface area (Å²) < 4.78 is 3.98. The van der Waals surface area contributed by atoms with E-state index in [1.165, 1.54) is 16.0 Å². The molecule has 7 nitrogen and oxygen atoms in total. The van der Waals surface area contributed by atoms with Crippen LogP contribution in [-0.4, -0.2) is 25.2 Å². The predicted octanol–water partition coefficient (Wildman–Crippen LogP) is 2.33. The summed E-state index contributed by atoms with van der Waals surface area (Å²) >= 11 is 1.43. The Hall–Kier alpha value is -2.48. The number of carbonyl (C=O) groups excluding carboxylic acids is 1. The van der Waals surface area contributed by atoms with Gasteiger partial charge in [-0.05, 0) is 37.5 Å². The smallest absolute Gasteiger partial charge is 0.300 e. The number of thiazole rings is 1. The summed E-state index contributed by atoms with van der Waals surface area (Å²) in [5, 5.41) is 7.66. The lowest BCUT2D eigenvalue weighted by molar-refractivity contribution is -0.117. The molecule has 8 heteroatoms. The predicted molar refractivity (Wildman–Crippen MR) is 97.0 cm³/mol. The summed E-state index contributed by atoms with van der Waals surface area (Å²) in [5.41, 5.74) is 1.81. The Morgan fingerprint density at radius 2 is 2.20 bits per heavy atom. The van der Waals surface area contributed by atoms with Gasteiger partial charge in [0.2, 0.25) is 5.91 Å². The number of benzene rings is 1. The van der Waals surface area contributed by atoms with Crippen molar-refractivity contribution in [2.24, 2.45) is 0 Å². The molecule has 0 unspecified atom stereocenters. The Morgan fingerprint density at radius 3 is 3.08 bits per heavy atom. The highest BCUT2D eigenvalue weighted by Gasteiger charge is 2.17. The van der Waals surface area contributed by atoms with Crippen molar-refractivity contribution in [2.45, 2.75) is 45.7 Å². The van der Waals surface area contributed by atoms with Crippen molar-refractivity contribution in [1.29, 1.82) is 0 Å². The second-order valence-electron chi connectivity index (χ2n) is 6.36. The molecule has 0 saturated carbocycles. The summed E-state index contributed by atoms with van der Waals surface area (Å²) in [4.78, 5) is 29.1. The van der Waals surface area contributed by atoms with Gasteiger partial charge in [0.25, 0.3) is 0 Å². The van der Waals surface area contributed by atoms with E-state index in [1.54, 1.807) is 4.57 Å². The topological polar surface area (TPSA) is 81.8 Å². The van der Waals surface area contributed by atoms with Crippen LogP contribution in [0.5, 0.6) is 0 Å². The van der Waals surface area contributed by atoms with Crippen molar-refractivity contribution in [3.8, 4) is 0 Å². The van der Waals surface area contributed by atoms with Gasteiger partial charge in [0.1, 0.15) is 12.4 Å². The lowest BCUT2D eigenvalue weighted by Crippen LogP contribution is -2.30. The van der Waals surface area contributed by atoms with Gasteiger partial charge in [0.05, 0.1) is 10.2 Å². The summed E-state index contributed by atoms with van der Waals surface area (Å²) in [6, 6.07) is 5.97. The van der Waals surface area contributed by atoms with E-state index in [1.807, 2.05) is 25.1 Å². The van der Waals surface area contributed by atoms with E-state index >= 15 is 0 Å². The third-order valence-electron chi connectivity index (χ3n) is 4.37. The Bertz CT molecular complexity index is 1000. The van der Waals surface area contributed by atoms with E-state index in [9.17, 15) is 9.59 Å².